The van der Waals surface area contributed by atoms with E-state index in [1.165, 1.54) is 6.07 Å². The number of hydrogen-bond acceptors (Lipinski definition) is 4. The van der Waals surface area contributed by atoms with Gasteiger partial charge in [0.15, 0.2) is 5.78 Å². The van der Waals surface area contributed by atoms with Crippen LogP contribution in [0, 0.1) is 13.8 Å². The lowest BCUT2D eigenvalue weighted by Crippen LogP contribution is -2.22. The second kappa shape index (κ2) is 5.74. The molecule has 0 fully saturated rings. The van der Waals surface area contributed by atoms with Gasteiger partial charge in [0.25, 0.3) is 0 Å². The number of ketones is 1. The highest BCUT2D eigenvalue weighted by Crippen LogP contribution is 2.42. The molecule has 126 valence electrons. The van der Waals surface area contributed by atoms with E-state index in [1.54, 1.807) is 18.2 Å². The largest absolute Gasteiger partial charge is 0.484 e. The number of fused-ring (bicyclic) bond motifs is 3. The van der Waals surface area contributed by atoms with Crippen molar-refractivity contribution in [1.82, 2.24) is 0 Å². The van der Waals surface area contributed by atoms with Gasteiger partial charge in [-0.1, -0.05) is 23.7 Å². The minimum Gasteiger partial charge on any atom is -0.484 e. The van der Waals surface area contributed by atoms with E-state index >= 15 is 0 Å². The molecule has 0 saturated carbocycles. The Hall–Kier alpha value is -2.59. The lowest BCUT2D eigenvalue weighted by Gasteiger charge is -2.28. The highest BCUT2D eigenvalue weighted by Gasteiger charge is 2.31. The molecule has 0 bridgehead atoms. The van der Waals surface area contributed by atoms with Gasteiger partial charge < -0.3 is 9.15 Å². The molecule has 1 aromatic heterocycles. The molecule has 0 amide bonds. The van der Waals surface area contributed by atoms with Gasteiger partial charge in [-0.05, 0) is 48.7 Å². The predicted molar refractivity (Wildman–Crippen MR) is 95.7 cm³/mol. The Morgan fingerprint density at radius 2 is 1.76 bits per heavy atom. The van der Waals surface area contributed by atoms with Crippen LogP contribution in [0.1, 0.15) is 39.6 Å². The van der Waals surface area contributed by atoms with Crippen LogP contribution in [-0.2, 0) is 0 Å². The number of carbonyl (C=O) groups is 1. The topological polar surface area (TPSA) is 56.5 Å². The van der Waals surface area contributed by atoms with E-state index in [2.05, 4.69) is 0 Å². The molecular weight excluding hydrogens is 340 g/mol. The summed E-state index contributed by atoms with van der Waals surface area (Å²) in [6, 6.07) is 10.4. The zero-order valence-corrected chi connectivity index (χ0v) is 14.5. The third-order valence-electron chi connectivity index (χ3n) is 4.53. The molecule has 4 nitrogen and oxygen atoms in total. The number of halogens is 1. The van der Waals surface area contributed by atoms with Gasteiger partial charge in [-0.25, -0.2) is 4.79 Å². The van der Waals surface area contributed by atoms with Crippen molar-refractivity contribution in [3.05, 3.63) is 74.1 Å². The van der Waals surface area contributed by atoms with E-state index in [9.17, 15) is 9.59 Å². The molecule has 0 spiro atoms. The first-order chi connectivity index (χ1) is 11.9. The number of carbonyl (C=O) groups excluding carboxylic acids is 1. The molecule has 1 aliphatic rings. The molecule has 1 aliphatic heterocycles. The van der Waals surface area contributed by atoms with E-state index < -0.39 is 11.7 Å². The smallest absolute Gasteiger partial charge is 0.336 e. The fraction of sp³-hybridized carbons (Fsp3) is 0.200. The molecule has 0 unspecified atom stereocenters. The van der Waals surface area contributed by atoms with Crippen molar-refractivity contribution < 1.29 is 13.9 Å². The number of rotatable bonds is 1. The maximum atomic E-state index is 12.8. The highest BCUT2D eigenvalue weighted by molar-refractivity contribution is 6.30. The molecule has 5 heteroatoms. The summed E-state index contributed by atoms with van der Waals surface area (Å²) in [7, 11) is 0. The summed E-state index contributed by atoms with van der Waals surface area (Å²) < 4.78 is 11.5. The molecule has 0 saturated heterocycles. The third-order valence-corrected chi connectivity index (χ3v) is 4.79. The maximum absolute atomic E-state index is 12.8. The Bertz CT molecular complexity index is 1060. The van der Waals surface area contributed by atoms with Gasteiger partial charge in [0, 0.05) is 11.1 Å². The summed E-state index contributed by atoms with van der Waals surface area (Å²) in [5.74, 6) is 0.513. The van der Waals surface area contributed by atoms with Crippen molar-refractivity contribution in [1.29, 1.82) is 0 Å². The number of ether oxygens (including phenoxy) is 1. The van der Waals surface area contributed by atoms with Crippen molar-refractivity contribution in [2.24, 2.45) is 0 Å². The van der Waals surface area contributed by atoms with Crippen molar-refractivity contribution in [3.8, 4) is 5.75 Å². The van der Waals surface area contributed by atoms with Gasteiger partial charge in [-0.15, -0.1) is 0 Å². The van der Waals surface area contributed by atoms with Crippen LogP contribution < -0.4 is 10.4 Å². The quantitative estimate of drug-likeness (QED) is 0.591. The van der Waals surface area contributed by atoms with Crippen molar-refractivity contribution >= 4 is 28.4 Å². The van der Waals surface area contributed by atoms with Crippen LogP contribution in [0.15, 0.2) is 45.6 Å². The Kier molecular flexibility index (Phi) is 3.65. The average Bonchev–Trinajstić information content (AvgIpc) is 2.54. The summed E-state index contributed by atoms with van der Waals surface area (Å²) in [4.78, 5) is 24.5. The van der Waals surface area contributed by atoms with Crippen LogP contribution in [0.3, 0.4) is 0 Å². The van der Waals surface area contributed by atoms with Crippen LogP contribution >= 0.6 is 11.6 Å². The van der Waals surface area contributed by atoms with Crippen molar-refractivity contribution in [2.45, 2.75) is 26.4 Å². The van der Waals surface area contributed by atoms with Gasteiger partial charge in [0.1, 0.15) is 17.4 Å². The van der Waals surface area contributed by atoms with Gasteiger partial charge in [-0.3, -0.25) is 4.79 Å². The second-order valence-electron chi connectivity index (χ2n) is 6.30. The summed E-state index contributed by atoms with van der Waals surface area (Å²) in [6.45, 7) is 3.64. The lowest BCUT2D eigenvalue weighted by atomic mass is 9.91. The highest BCUT2D eigenvalue weighted by atomic mass is 35.5. The number of Topliss-reactive ketones (excluding diaryl/α,β-unsaturated/α-hetero) is 1. The minimum absolute atomic E-state index is 0.0196. The van der Waals surface area contributed by atoms with Crippen LogP contribution in [0.2, 0.25) is 5.02 Å². The molecule has 2 heterocycles. The Morgan fingerprint density at radius 1 is 1.04 bits per heavy atom. The van der Waals surface area contributed by atoms with Crippen LogP contribution in [0.25, 0.3) is 11.0 Å². The average molecular weight is 355 g/mol. The van der Waals surface area contributed by atoms with Crippen molar-refractivity contribution in [2.75, 3.05) is 0 Å². The summed E-state index contributed by atoms with van der Waals surface area (Å²) >= 11 is 5.95. The zero-order chi connectivity index (χ0) is 17.7. The normalized spacial score (nSPS) is 16.6. The van der Waals surface area contributed by atoms with E-state index in [0.29, 0.717) is 27.3 Å². The Morgan fingerprint density at radius 3 is 2.48 bits per heavy atom. The van der Waals surface area contributed by atoms with Crippen LogP contribution in [0.5, 0.6) is 5.75 Å². The Balaban J connectivity index is 1.93. The lowest BCUT2D eigenvalue weighted by molar-refractivity contribution is 0.0852. The molecule has 2 aromatic carbocycles. The number of benzene rings is 2. The number of hydrogen-bond donors (Lipinski definition) is 0. The fourth-order valence-corrected chi connectivity index (χ4v) is 3.51. The summed E-state index contributed by atoms with van der Waals surface area (Å²) in [5.41, 5.74) is 2.94. The van der Waals surface area contributed by atoms with Gasteiger partial charge in [0.2, 0.25) is 0 Å². The van der Waals surface area contributed by atoms with Crippen LogP contribution in [0.4, 0.5) is 0 Å². The van der Waals surface area contributed by atoms with Gasteiger partial charge >= 0.3 is 5.63 Å². The monoisotopic (exact) mass is 354 g/mol. The van der Waals surface area contributed by atoms with Gasteiger partial charge in [0.05, 0.1) is 17.4 Å². The van der Waals surface area contributed by atoms with Crippen molar-refractivity contribution in [3.63, 3.8) is 0 Å². The van der Waals surface area contributed by atoms with E-state index in [-0.39, 0.29) is 12.2 Å². The first kappa shape index (κ1) is 15.9. The summed E-state index contributed by atoms with van der Waals surface area (Å²) in [5, 5.41) is 1.30. The SMILES string of the molecule is Cc1cc2oc(=O)cc(C)c2c2c1C(=O)C[C@H](c1ccc(Cl)cc1)O2. The molecular formula is C20H15ClO4. The molecule has 0 aliphatic carbocycles. The second-order valence-corrected chi connectivity index (χ2v) is 6.74. The standard InChI is InChI=1S/C20H15ClO4/c1-10-7-16-19(11(2)8-17(23)24-16)20-18(10)14(22)9-15(25-20)12-3-5-13(21)6-4-12/h3-8,15H,9H2,1-2H3/t15-/m1/s1. The Labute approximate surface area is 149 Å². The molecule has 0 N–H and O–H groups in total. The third kappa shape index (κ3) is 2.63. The van der Waals surface area contributed by atoms with Gasteiger partial charge in [-0.2, -0.15) is 0 Å². The maximum Gasteiger partial charge on any atom is 0.336 e. The first-order valence-electron chi connectivity index (χ1n) is 7.97. The first-order valence-corrected chi connectivity index (χ1v) is 8.35. The number of aryl methyl sites for hydroxylation is 2. The molecule has 25 heavy (non-hydrogen) atoms. The molecule has 0 radical (unpaired) electrons. The molecule has 3 aromatic rings. The summed E-state index contributed by atoms with van der Waals surface area (Å²) in [6.07, 6.45) is -0.134. The van der Waals surface area contributed by atoms with E-state index in [4.69, 9.17) is 20.8 Å². The van der Waals surface area contributed by atoms with E-state index in [0.717, 1.165) is 16.7 Å². The predicted octanol–water partition coefficient (Wildman–Crippen LogP) is 4.77. The molecule has 1 atom stereocenters. The van der Waals surface area contributed by atoms with E-state index in [1.807, 2.05) is 26.0 Å². The molecule has 4 rings (SSSR count). The zero-order valence-electron chi connectivity index (χ0n) is 13.8. The van der Waals surface area contributed by atoms with Crippen LogP contribution in [-0.4, -0.2) is 5.78 Å². The fourth-order valence-electron chi connectivity index (χ4n) is 3.38. The minimum atomic E-state index is -0.416.